The molecule has 0 unspecified atom stereocenters. The largest absolute Gasteiger partial charge is 0.325 e. The number of hydrogen-bond donors (Lipinski definition) is 2. The van der Waals surface area contributed by atoms with Gasteiger partial charge in [0, 0.05) is 23.9 Å². The van der Waals surface area contributed by atoms with Crippen LogP contribution in [0.25, 0.3) is 0 Å². The van der Waals surface area contributed by atoms with Gasteiger partial charge < -0.3 is 5.32 Å². The van der Waals surface area contributed by atoms with Gasteiger partial charge in [-0.3, -0.25) is 4.79 Å². The van der Waals surface area contributed by atoms with Crippen LogP contribution in [-0.4, -0.2) is 23.3 Å². The number of carbonyl (C=O) groups excluding carboxylic acids is 1. The van der Waals surface area contributed by atoms with Gasteiger partial charge in [-0.25, -0.2) is 17.8 Å². The van der Waals surface area contributed by atoms with Crippen molar-refractivity contribution in [2.45, 2.75) is 18.5 Å². The van der Waals surface area contributed by atoms with Crippen LogP contribution in [0.1, 0.15) is 18.0 Å². The molecule has 1 saturated heterocycles. The van der Waals surface area contributed by atoms with Gasteiger partial charge in [0.15, 0.2) is 0 Å². The summed E-state index contributed by atoms with van der Waals surface area (Å²) in [4.78, 5) is 12.6. The van der Waals surface area contributed by atoms with Crippen LogP contribution in [0, 0.1) is 11.6 Å². The van der Waals surface area contributed by atoms with Crippen molar-refractivity contribution in [2.24, 2.45) is 0 Å². The van der Waals surface area contributed by atoms with E-state index >= 15 is 0 Å². The Morgan fingerprint density at radius 2 is 2.00 bits per heavy atom. The van der Waals surface area contributed by atoms with Crippen molar-refractivity contribution in [3.63, 3.8) is 0 Å². The van der Waals surface area contributed by atoms with E-state index in [1.807, 2.05) is 11.4 Å². The molecule has 0 bridgehead atoms. The smallest absolute Gasteiger partial charge is 0.242 e. The number of amides is 1. The Morgan fingerprint density at radius 3 is 2.68 bits per heavy atom. The highest BCUT2D eigenvalue weighted by Gasteiger charge is 2.32. The standard InChI is InChI=1S/C17H16BrF2N3OS/c1-23-16(17(24)21-12-6-7-14(20)13(18)8-12)9-15(22-25-23)10-2-4-11(19)5-3-10/h2-8,15-16,22H,9H2,1H3,(H,21,24)/t15-,16+/m0/s1. The molecule has 1 amide bonds. The summed E-state index contributed by atoms with van der Waals surface area (Å²) in [5, 5.41) is 2.81. The fourth-order valence-corrected chi connectivity index (χ4v) is 3.81. The van der Waals surface area contributed by atoms with Gasteiger partial charge in [0.2, 0.25) is 5.91 Å². The van der Waals surface area contributed by atoms with E-state index in [1.54, 1.807) is 12.1 Å². The molecular formula is C17H16BrF2N3OS. The van der Waals surface area contributed by atoms with Gasteiger partial charge in [-0.1, -0.05) is 12.1 Å². The Kier molecular flexibility index (Phi) is 5.73. The second kappa shape index (κ2) is 7.82. The number of anilines is 1. The predicted octanol–water partition coefficient (Wildman–Crippen LogP) is 4.26. The molecule has 0 aliphatic carbocycles. The topological polar surface area (TPSA) is 44.4 Å². The minimum atomic E-state index is -0.385. The zero-order valence-corrected chi connectivity index (χ0v) is 15.7. The molecule has 0 aromatic heterocycles. The first kappa shape index (κ1) is 18.3. The van der Waals surface area contributed by atoms with Crippen LogP contribution in [0.2, 0.25) is 0 Å². The summed E-state index contributed by atoms with van der Waals surface area (Å²) < 4.78 is 31.8. The summed E-state index contributed by atoms with van der Waals surface area (Å²) in [6, 6.07) is 10.1. The van der Waals surface area contributed by atoms with E-state index in [4.69, 9.17) is 0 Å². The lowest BCUT2D eigenvalue weighted by Gasteiger charge is -2.35. The maximum Gasteiger partial charge on any atom is 0.242 e. The fraction of sp³-hybridized carbons (Fsp3) is 0.235. The molecule has 2 N–H and O–H groups in total. The van der Waals surface area contributed by atoms with E-state index in [2.05, 4.69) is 26.0 Å². The second-order valence-electron chi connectivity index (χ2n) is 5.73. The number of halogens is 3. The summed E-state index contributed by atoms with van der Waals surface area (Å²) >= 11 is 4.45. The van der Waals surface area contributed by atoms with E-state index in [0.717, 1.165) is 5.56 Å². The molecule has 2 atom stereocenters. The van der Waals surface area contributed by atoms with Crippen molar-refractivity contribution in [1.82, 2.24) is 9.03 Å². The molecule has 4 nitrogen and oxygen atoms in total. The third kappa shape index (κ3) is 4.38. The first-order valence-corrected chi connectivity index (χ1v) is 9.17. The Hall–Kier alpha value is -1.48. The average Bonchev–Trinajstić information content (AvgIpc) is 2.59. The highest BCUT2D eigenvalue weighted by molar-refractivity contribution is 9.10. The summed E-state index contributed by atoms with van der Waals surface area (Å²) in [6.07, 6.45) is 0.531. The van der Waals surface area contributed by atoms with Crippen molar-refractivity contribution in [3.05, 3.63) is 64.1 Å². The molecule has 132 valence electrons. The molecule has 1 heterocycles. The molecule has 2 aromatic rings. The molecule has 0 radical (unpaired) electrons. The fourth-order valence-electron chi connectivity index (χ4n) is 2.60. The van der Waals surface area contributed by atoms with Crippen molar-refractivity contribution in [2.75, 3.05) is 12.4 Å². The third-order valence-electron chi connectivity index (χ3n) is 4.00. The Labute approximate surface area is 157 Å². The number of carbonyl (C=O) groups is 1. The molecule has 1 aliphatic heterocycles. The number of nitrogens with one attached hydrogen (secondary N) is 2. The van der Waals surface area contributed by atoms with Gasteiger partial charge in [0.05, 0.1) is 4.47 Å². The SMILES string of the molecule is CN1SN[C@H](c2ccc(F)cc2)C[C@@H]1C(=O)Nc1ccc(F)c(Br)c1. The lowest BCUT2D eigenvalue weighted by atomic mass is 9.99. The normalized spacial score (nSPS) is 21.1. The van der Waals surface area contributed by atoms with Crippen LogP contribution in [0.3, 0.4) is 0 Å². The van der Waals surface area contributed by atoms with Gasteiger partial charge in [-0.15, -0.1) is 0 Å². The van der Waals surface area contributed by atoms with Crippen molar-refractivity contribution in [3.8, 4) is 0 Å². The van der Waals surface area contributed by atoms with Crippen molar-refractivity contribution >= 4 is 39.7 Å². The molecule has 0 saturated carbocycles. The van der Waals surface area contributed by atoms with Crippen LogP contribution in [-0.2, 0) is 4.79 Å². The number of rotatable bonds is 3. The van der Waals surface area contributed by atoms with E-state index in [1.165, 1.54) is 42.5 Å². The quantitative estimate of drug-likeness (QED) is 0.718. The van der Waals surface area contributed by atoms with Crippen LogP contribution < -0.4 is 10.0 Å². The van der Waals surface area contributed by atoms with Crippen LogP contribution in [0.4, 0.5) is 14.5 Å². The lowest BCUT2D eigenvalue weighted by Crippen LogP contribution is -2.46. The molecule has 25 heavy (non-hydrogen) atoms. The van der Waals surface area contributed by atoms with E-state index < -0.39 is 0 Å². The summed E-state index contributed by atoms with van der Waals surface area (Å²) in [5.41, 5.74) is 1.44. The van der Waals surface area contributed by atoms with Crippen molar-refractivity contribution in [1.29, 1.82) is 0 Å². The highest BCUT2D eigenvalue weighted by Crippen LogP contribution is 2.31. The van der Waals surface area contributed by atoms with Crippen LogP contribution in [0.5, 0.6) is 0 Å². The van der Waals surface area contributed by atoms with Gasteiger partial charge >= 0.3 is 0 Å². The minimum absolute atomic E-state index is 0.0718. The summed E-state index contributed by atoms with van der Waals surface area (Å²) in [6.45, 7) is 0. The van der Waals surface area contributed by atoms with E-state index in [9.17, 15) is 13.6 Å². The zero-order chi connectivity index (χ0) is 18.0. The molecule has 3 rings (SSSR count). The zero-order valence-electron chi connectivity index (χ0n) is 13.3. The van der Waals surface area contributed by atoms with Gasteiger partial charge in [-0.2, -0.15) is 0 Å². The molecule has 0 spiro atoms. The predicted molar refractivity (Wildman–Crippen MR) is 98.8 cm³/mol. The maximum atomic E-state index is 13.3. The van der Waals surface area contributed by atoms with Crippen LogP contribution >= 0.6 is 28.1 Å². The van der Waals surface area contributed by atoms with Gasteiger partial charge in [0.25, 0.3) is 0 Å². The Balaban J connectivity index is 1.71. The first-order valence-electron chi connectivity index (χ1n) is 7.61. The van der Waals surface area contributed by atoms with Crippen molar-refractivity contribution < 1.29 is 13.6 Å². The molecule has 1 fully saturated rings. The first-order chi connectivity index (χ1) is 11.9. The third-order valence-corrected chi connectivity index (χ3v) is 5.54. The van der Waals surface area contributed by atoms with Crippen LogP contribution in [0.15, 0.2) is 46.9 Å². The van der Waals surface area contributed by atoms with E-state index in [-0.39, 0.29) is 29.6 Å². The minimum Gasteiger partial charge on any atom is -0.325 e. The Morgan fingerprint density at radius 1 is 1.28 bits per heavy atom. The molecular weight excluding hydrogens is 412 g/mol. The summed E-state index contributed by atoms with van der Waals surface area (Å²) in [7, 11) is 1.82. The lowest BCUT2D eigenvalue weighted by molar-refractivity contribution is -0.119. The highest BCUT2D eigenvalue weighted by atomic mass is 79.9. The number of nitrogens with zero attached hydrogens (tertiary/aromatic N) is 1. The number of hydrogen-bond acceptors (Lipinski definition) is 4. The van der Waals surface area contributed by atoms with E-state index in [0.29, 0.717) is 16.6 Å². The maximum absolute atomic E-state index is 13.3. The number of likely N-dealkylation sites (N-methyl/N-ethyl adjacent to an activating group) is 1. The summed E-state index contributed by atoms with van der Waals surface area (Å²) in [5.74, 6) is -0.855. The Bertz CT molecular complexity index is 775. The second-order valence-corrected chi connectivity index (χ2v) is 7.58. The van der Waals surface area contributed by atoms with Gasteiger partial charge in [-0.05, 0) is 65.3 Å². The molecule has 2 aromatic carbocycles. The monoisotopic (exact) mass is 427 g/mol. The van der Waals surface area contributed by atoms with Gasteiger partial charge in [0.1, 0.15) is 17.7 Å². The molecule has 8 heteroatoms. The number of benzene rings is 2. The molecule has 1 aliphatic rings. The average molecular weight is 428 g/mol.